The second kappa shape index (κ2) is 16.7. The van der Waals surface area contributed by atoms with E-state index in [-0.39, 0.29) is 73.4 Å². The molecule has 2 fully saturated rings. The SMILES string of the molecule is O=C(O)C(C1CCC(F)(F)CC1)n1c(-c2ccc(Cl)cc2)nc2cc(F)c(F)cc21.OCC(C1CCC(F)(F)CC1)n1c(-c2ccc(Cl)cc2)nc2cc(F)c(F)cc21. The van der Waals surface area contributed by atoms with Gasteiger partial charge in [-0.25, -0.2) is 49.9 Å². The molecule has 0 amide bonds. The molecule has 0 radical (unpaired) electrons. The minimum Gasteiger partial charge on any atom is -0.480 e. The highest BCUT2D eigenvalue weighted by Crippen LogP contribution is 2.45. The van der Waals surface area contributed by atoms with Crippen LogP contribution < -0.4 is 0 Å². The first-order valence-corrected chi connectivity index (χ1v) is 19.6. The number of aliphatic carboxylic acids is 1. The summed E-state index contributed by atoms with van der Waals surface area (Å²) in [5, 5.41) is 21.1. The van der Waals surface area contributed by atoms with E-state index in [2.05, 4.69) is 9.97 Å². The molecule has 312 valence electrons. The van der Waals surface area contributed by atoms with Gasteiger partial charge in [0, 0.05) is 71.1 Å². The third-order valence-corrected chi connectivity index (χ3v) is 11.7. The number of alkyl halides is 4. The second-order valence-electron chi connectivity index (χ2n) is 15.1. The average Bonchev–Trinajstić information content (AvgIpc) is 3.72. The van der Waals surface area contributed by atoms with Crippen LogP contribution in [-0.2, 0) is 4.79 Å². The predicted octanol–water partition coefficient (Wildman–Crippen LogP) is 12.1. The number of nitrogens with zero attached hydrogens (tertiary/aromatic N) is 4. The van der Waals surface area contributed by atoms with Crippen molar-refractivity contribution in [3.8, 4) is 22.8 Å². The van der Waals surface area contributed by atoms with Gasteiger partial charge in [0.05, 0.1) is 34.7 Å². The molecule has 7 nitrogen and oxygen atoms in total. The molecular formula is C42H36Cl2F8N4O3. The van der Waals surface area contributed by atoms with Gasteiger partial charge >= 0.3 is 5.97 Å². The Hall–Kier alpha value is -4.73. The van der Waals surface area contributed by atoms with Crippen LogP contribution in [0.15, 0.2) is 72.8 Å². The first-order chi connectivity index (χ1) is 27.9. The average molecular weight is 868 g/mol. The lowest BCUT2D eigenvalue weighted by Crippen LogP contribution is -2.34. The van der Waals surface area contributed by atoms with Gasteiger partial charge in [0.2, 0.25) is 11.8 Å². The standard InChI is InChI=1S/C21H17ClF4N2O2.C21H19ClF4N2O/c22-13-3-1-12(2-4-13)19-27-16-9-14(23)15(24)10-17(16)28(19)18(20(29)30)11-5-7-21(25,26)8-6-11;22-14-3-1-13(2-4-14)20-27-17-9-15(23)16(24)10-18(17)28(20)19(11-29)12-5-7-21(25,26)8-6-12/h1-4,9-11,18H,5-8H2,(H,29,30);1-4,9-10,12,19,29H,5-8,11H2. The van der Waals surface area contributed by atoms with Crippen LogP contribution in [-0.4, -0.2) is 53.7 Å². The molecule has 8 rings (SSSR count). The molecule has 2 aliphatic rings. The van der Waals surface area contributed by atoms with Gasteiger partial charge in [0.1, 0.15) is 17.7 Å². The number of hydrogen-bond acceptors (Lipinski definition) is 4. The third-order valence-electron chi connectivity index (χ3n) is 11.2. The van der Waals surface area contributed by atoms with Crippen molar-refractivity contribution in [2.45, 2.75) is 75.3 Å². The maximum Gasteiger partial charge on any atom is 0.327 e. The maximum absolute atomic E-state index is 14.0. The Bertz CT molecular complexity index is 2470. The molecule has 2 unspecified atom stereocenters. The molecule has 0 aliphatic heterocycles. The van der Waals surface area contributed by atoms with Crippen molar-refractivity contribution in [1.29, 1.82) is 0 Å². The van der Waals surface area contributed by atoms with Crippen molar-refractivity contribution < 1.29 is 50.1 Å². The fourth-order valence-corrected chi connectivity index (χ4v) is 8.45. The van der Waals surface area contributed by atoms with Gasteiger partial charge in [-0.15, -0.1) is 0 Å². The summed E-state index contributed by atoms with van der Waals surface area (Å²) in [5.41, 5.74) is 1.84. The minimum absolute atomic E-state index is 0.00657. The normalized spacial score (nSPS) is 18.1. The van der Waals surface area contributed by atoms with Crippen LogP contribution in [0.1, 0.15) is 63.5 Å². The molecule has 0 spiro atoms. The van der Waals surface area contributed by atoms with E-state index in [1.54, 1.807) is 53.1 Å². The van der Waals surface area contributed by atoms with Gasteiger partial charge in [-0.2, -0.15) is 0 Å². The summed E-state index contributed by atoms with van der Waals surface area (Å²) in [4.78, 5) is 21.1. The van der Waals surface area contributed by atoms with Crippen LogP contribution in [0.4, 0.5) is 35.1 Å². The van der Waals surface area contributed by atoms with Crippen molar-refractivity contribution in [1.82, 2.24) is 19.1 Å². The number of aliphatic hydroxyl groups excluding tert-OH is 1. The highest BCUT2D eigenvalue weighted by atomic mass is 35.5. The van der Waals surface area contributed by atoms with Crippen LogP contribution >= 0.6 is 23.2 Å². The Balaban J connectivity index is 0.000000179. The number of carboxylic acid groups (broad SMARTS) is 1. The third kappa shape index (κ3) is 8.92. The fraction of sp³-hybridized carbons (Fsp3) is 0.357. The number of aliphatic hydroxyl groups is 1. The maximum atomic E-state index is 14.0. The molecular weight excluding hydrogens is 831 g/mol. The topological polar surface area (TPSA) is 93.2 Å². The summed E-state index contributed by atoms with van der Waals surface area (Å²) < 4.78 is 113. The minimum atomic E-state index is -2.83. The quantitative estimate of drug-likeness (QED) is 0.149. The molecule has 2 N–H and O–H groups in total. The molecule has 2 aromatic heterocycles. The molecule has 2 aliphatic carbocycles. The van der Waals surface area contributed by atoms with Gasteiger partial charge < -0.3 is 19.3 Å². The van der Waals surface area contributed by atoms with Crippen LogP contribution in [0.25, 0.3) is 44.8 Å². The van der Waals surface area contributed by atoms with Crippen LogP contribution in [0, 0.1) is 35.1 Å². The number of rotatable bonds is 8. The van der Waals surface area contributed by atoms with E-state index < -0.39 is 71.9 Å². The van der Waals surface area contributed by atoms with Gasteiger partial charge in [-0.1, -0.05) is 23.2 Å². The number of imidazole rings is 2. The van der Waals surface area contributed by atoms with Crippen molar-refractivity contribution in [3.05, 3.63) is 106 Å². The van der Waals surface area contributed by atoms with E-state index in [9.17, 15) is 50.1 Å². The number of aromatic nitrogens is 4. The predicted molar refractivity (Wildman–Crippen MR) is 207 cm³/mol. The summed E-state index contributed by atoms with van der Waals surface area (Å²) in [7, 11) is 0. The Morgan fingerprint density at radius 2 is 1.02 bits per heavy atom. The molecule has 59 heavy (non-hydrogen) atoms. The summed E-state index contributed by atoms with van der Waals surface area (Å²) in [6.45, 7) is -0.332. The smallest absolute Gasteiger partial charge is 0.327 e. The lowest BCUT2D eigenvalue weighted by molar-refractivity contribution is -0.144. The zero-order valence-electron chi connectivity index (χ0n) is 31.0. The van der Waals surface area contributed by atoms with E-state index in [1.165, 1.54) is 4.57 Å². The molecule has 2 saturated carbocycles. The first kappa shape index (κ1) is 42.4. The lowest BCUT2D eigenvalue weighted by Gasteiger charge is -2.34. The number of fused-ring (bicyclic) bond motifs is 2. The van der Waals surface area contributed by atoms with Gasteiger partial charge in [0.15, 0.2) is 23.3 Å². The monoisotopic (exact) mass is 866 g/mol. The Labute approximate surface area is 342 Å². The summed E-state index contributed by atoms with van der Waals surface area (Å²) >= 11 is 11.9. The van der Waals surface area contributed by atoms with Gasteiger partial charge in [-0.05, 0) is 86.1 Å². The number of hydrogen-bond donors (Lipinski definition) is 2. The summed E-state index contributed by atoms with van der Waals surface area (Å²) in [5.74, 6) is -11.4. The molecule has 17 heteroatoms. The summed E-state index contributed by atoms with van der Waals surface area (Å²) in [6.07, 6.45) is -0.940. The number of carbonyl (C=O) groups is 1. The summed E-state index contributed by atoms with van der Waals surface area (Å²) in [6, 6.07) is 15.1. The Morgan fingerprint density at radius 1 is 0.644 bits per heavy atom. The zero-order valence-corrected chi connectivity index (χ0v) is 32.5. The van der Waals surface area contributed by atoms with Gasteiger partial charge in [0.25, 0.3) is 0 Å². The van der Waals surface area contributed by atoms with E-state index in [0.29, 0.717) is 32.5 Å². The molecule has 6 aromatic rings. The molecule has 0 bridgehead atoms. The van der Waals surface area contributed by atoms with Crippen molar-refractivity contribution in [2.75, 3.05) is 6.61 Å². The lowest BCUT2D eigenvalue weighted by atomic mass is 9.81. The molecule has 0 saturated heterocycles. The van der Waals surface area contributed by atoms with E-state index in [0.717, 1.165) is 24.3 Å². The zero-order chi connectivity index (χ0) is 42.4. The molecule has 2 heterocycles. The molecule has 2 atom stereocenters. The van der Waals surface area contributed by atoms with E-state index >= 15 is 0 Å². The van der Waals surface area contributed by atoms with Crippen molar-refractivity contribution in [2.24, 2.45) is 11.8 Å². The fourth-order valence-electron chi connectivity index (χ4n) is 8.19. The highest BCUT2D eigenvalue weighted by molar-refractivity contribution is 6.30. The van der Waals surface area contributed by atoms with Gasteiger partial charge in [-0.3, -0.25) is 0 Å². The largest absolute Gasteiger partial charge is 0.480 e. The Morgan fingerprint density at radius 3 is 1.42 bits per heavy atom. The van der Waals surface area contributed by atoms with Crippen LogP contribution in [0.2, 0.25) is 10.0 Å². The number of halogens is 10. The van der Waals surface area contributed by atoms with Crippen LogP contribution in [0.3, 0.4) is 0 Å². The van der Waals surface area contributed by atoms with Crippen LogP contribution in [0.5, 0.6) is 0 Å². The number of benzene rings is 4. The van der Waals surface area contributed by atoms with E-state index in [4.69, 9.17) is 23.2 Å². The second-order valence-corrected chi connectivity index (χ2v) is 15.9. The highest BCUT2D eigenvalue weighted by Gasteiger charge is 2.42. The first-order valence-electron chi connectivity index (χ1n) is 18.8. The Kier molecular flexibility index (Phi) is 12.0. The van der Waals surface area contributed by atoms with E-state index in [1.807, 2.05) is 0 Å². The molecule has 4 aromatic carbocycles. The van der Waals surface area contributed by atoms with Crippen molar-refractivity contribution >= 4 is 51.2 Å². The number of carboxylic acids is 1. The van der Waals surface area contributed by atoms with Crippen molar-refractivity contribution in [3.63, 3.8) is 0 Å².